The molecule has 1 aromatic heterocycles. The number of anilines is 6. The highest BCUT2D eigenvalue weighted by Crippen LogP contribution is 2.47. The molecule has 272 valence electrons. The van der Waals surface area contributed by atoms with Gasteiger partial charge in [-0.15, -0.1) is 0 Å². The molecule has 3 heteroatoms. The van der Waals surface area contributed by atoms with E-state index in [0.29, 0.717) is 0 Å². The molecular weight excluding hydrogens is 693 g/mol. The molecule has 0 aliphatic rings. The fourth-order valence-electron chi connectivity index (χ4n) is 8.31. The maximum Gasteiger partial charge on any atom is 0.138 e. The van der Waals surface area contributed by atoms with E-state index in [9.17, 15) is 0 Å². The van der Waals surface area contributed by atoms with Gasteiger partial charge in [0.25, 0.3) is 0 Å². The van der Waals surface area contributed by atoms with Crippen LogP contribution in [0.2, 0.25) is 0 Å². The summed E-state index contributed by atoms with van der Waals surface area (Å²) in [4.78, 5) is 4.74. The van der Waals surface area contributed by atoms with Crippen molar-refractivity contribution in [2.75, 3.05) is 9.80 Å². The summed E-state index contributed by atoms with van der Waals surface area (Å²) in [5.41, 5.74) is 15.3. The highest BCUT2D eigenvalue weighted by Gasteiger charge is 2.23. The highest BCUT2D eigenvalue weighted by molar-refractivity contribution is 6.23. The predicted octanol–water partition coefficient (Wildman–Crippen LogP) is 15.6. The zero-order chi connectivity index (χ0) is 38.3. The van der Waals surface area contributed by atoms with Crippen LogP contribution in [0.1, 0.15) is 11.1 Å². The molecule has 0 saturated carbocycles. The van der Waals surface area contributed by atoms with Crippen molar-refractivity contribution in [3.05, 3.63) is 217 Å². The first-order valence-electron chi connectivity index (χ1n) is 19.5. The van der Waals surface area contributed by atoms with Crippen molar-refractivity contribution >= 4 is 66.8 Å². The Kier molecular flexibility index (Phi) is 8.61. The third-order valence-corrected chi connectivity index (χ3v) is 11.1. The Labute approximate surface area is 333 Å². The fraction of sp³-hybridized carbons (Fsp3) is 0.0370. The van der Waals surface area contributed by atoms with Gasteiger partial charge >= 0.3 is 0 Å². The number of para-hydroxylation sites is 2. The van der Waals surface area contributed by atoms with Gasteiger partial charge in [-0.2, -0.15) is 0 Å². The van der Waals surface area contributed by atoms with Crippen LogP contribution >= 0.6 is 0 Å². The van der Waals surface area contributed by atoms with E-state index in [0.717, 1.165) is 66.8 Å². The molecular formula is C54H40N2O. The second-order valence-electron chi connectivity index (χ2n) is 14.7. The maximum absolute atomic E-state index is 6.98. The lowest BCUT2D eigenvalue weighted by Crippen LogP contribution is -2.12. The lowest BCUT2D eigenvalue weighted by molar-refractivity contribution is 0.669. The molecule has 0 aliphatic heterocycles. The Hall–Kier alpha value is -7.36. The molecule has 0 atom stereocenters. The zero-order valence-corrected chi connectivity index (χ0v) is 31.9. The third kappa shape index (κ3) is 6.20. The Morgan fingerprint density at radius 2 is 0.807 bits per heavy atom. The molecule has 0 amide bonds. The van der Waals surface area contributed by atoms with Crippen molar-refractivity contribution in [1.29, 1.82) is 0 Å². The number of nitrogens with zero attached hydrogens (tertiary/aromatic N) is 2. The summed E-state index contributed by atoms with van der Waals surface area (Å²) in [5.74, 6) is 0. The molecule has 0 radical (unpaired) electrons. The SMILES string of the molecule is Cc1ccccc1N(c1cccc(-c2ccccc2)c1)c1ccc2c(c1)oc1cc(N(c3cccc(-c4ccccc4)c3)c3ccccc3C)c3ccccc3c12. The topological polar surface area (TPSA) is 19.6 Å². The number of furan rings is 1. The average Bonchev–Trinajstić information content (AvgIpc) is 3.64. The van der Waals surface area contributed by atoms with Crippen molar-refractivity contribution in [3.8, 4) is 22.3 Å². The molecule has 0 fully saturated rings. The van der Waals surface area contributed by atoms with Crippen LogP contribution in [0.3, 0.4) is 0 Å². The molecule has 0 bridgehead atoms. The molecule has 0 spiro atoms. The minimum absolute atomic E-state index is 0.844. The van der Waals surface area contributed by atoms with Crippen LogP contribution in [-0.2, 0) is 0 Å². The quantitative estimate of drug-likeness (QED) is 0.155. The second-order valence-corrected chi connectivity index (χ2v) is 14.7. The minimum atomic E-state index is 0.844. The van der Waals surface area contributed by atoms with Crippen LogP contribution in [0.25, 0.3) is 55.0 Å². The molecule has 0 N–H and O–H groups in total. The molecule has 9 aromatic carbocycles. The van der Waals surface area contributed by atoms with Gasteiger partial charge in [-0.25, -0.2) is 0 Å². The summed E-state index contributed by atoms with van der Waals surface area (Å²) in [7, 11) is 0. The summed E-state index contributed by atoms with van der Waals surface area (Å²) < 4.78 is 6.98. The lowest BCUT2D eigenvalue weighted by atomic mass is 9.99. The van der Waals surface area contributed by atoms with Gasteiger partial charge in [-0.1, -0.05) is 146 Å². The van der Waals surface area contributed by atoms with Crippen molar-refractivity contribution in [2.45, 2.75) is 13.8 Å². The number of rotatable bonds is 8. The molecule has 57 heavy (non-hydrogen) atoms. The van der Waals surface area contributed by atoms with Crippen LogP contribution in [0.15, 0.2) is 211 Å². The van der Waals surface area contributed by atoms with Gasteiger partial charge in [0.15, 0.2) is 0 Å². The zero-order valence-electron chi connectivity index (χ0n) is 31.9. The van der Waals surface area contributed by atoms with Gasteiger partial charge in [0, 0.05) is 56.7 Å². The molecule has 3 nitrogen and oxygen atoms in total. The molecule has 0 aliphatic carbocycles. The van der Waals surface area contributed by atoms with E-state index in [1.807, 2.05) is 0 Å². The lowest BCUT2D eigenvalue weighted by Gasteiger charge is -2.28. The van der Waals surface area contributed by atoms with E-state index < -0.39 is 0 Å². The standard InChI is InChI=1S/C54H40N2O/c1-37-17-9-13-29-49(37)55(43-25-15-23-41(33-43)39-19-5-3-6-20-39)45-31-32-48-52(35-45)57-53-36-51(46-27-11-12-28-47(46)54(48)53)56(50-30-14-10-18-38(50)2)44-26-16-24-42(34-44)40-21-7-4-8-22-40/h3-36H,1-2H3. The normalized spacial score (nSPS) is 11.3. The van der Waals surface area contributed by atoms with E-state index in [-0.39, 0.29) is 0 Å². The van der Waals surface area contributed by atoms with Gasteiger partial charge < -0.3 is 14.2 Å². The van der Waals surface area contributed by atoms with Crippen LogP contribution in [0.4, 0.5) is 34.1 Å². The molecule has 1 heterocycles. The van der Waals surface area contributed by atoms with E-state index in [2.05, 4.69) is 230 Å². The number of hydrogen-bond donors (Lipinski definition) is 0. The van der Waals surface area contributed by atoms with E-state index in [1.54, 1.807) is 0 Å². The van der Waals surface area contributed by atoms with E-state index >= 15 is 0 Å². The first-order valence-corrected chi connectivity index (χ1v) is 19.5. The van der Waals surface area contributed by atoms with Crippen molar-refractivity contribution in [1.82, 2.24) is 0 Å². The monoisotopic (exact) mass is 732 g/mol. The van der Waals surface area contributed by atoms with Crippen LogP contribution in [0.5, 0.6) is 0 Å². The van der Waals surface area contributed by atoms with Gasteiger partial charge in [0.2, 0.25) is 0 Å². The van der Waals surface area contributed by atoms with Gasteiger partial charge in [-0.3, -0.25) is 0 Å². The molecule has 0 unspecified atom stereocenters. The first kappa shape index (κ1) is 34.2. The van der Waals surface area contributed by atoms with Crippen molar-refractivity contribution in [3.63, 3.8) is 0 Å². The third-order valence-electron chi connectivity index (χ3n) is 11.1. The Morgan fingerprint density at radius 1 is 0.316 bits per heavy atom. The summed E-state index contributed by atoms with van der Waals surface area (Å²) in [5, 5.41) is 4.52. The summed E-state index contributed by atoms with van der Waals surface area (Å²) in [6.07, 6.45) is 0. The number of benzene rings is 9. The molecule has 10 rings (SSSR count). The average molecular weight is 733 g/mol. The van der Waals surface area contributed by atoms with Crippen molar-refractivity contribution in [2.24, 2.45) is 0 Å². The van der Waals surface area contributed by atoms with Gasteiger partial charge in [-0.05, 0) is 101 Å². The summed E-state index contributed by atoms with van der Waals surface area (Å²) >= 11 is 0. The predicted molar refractivity (Wildman–Crippen MR) is 241 cm³/mol. The van der Waals surface area contributed by atoms with Crippen LogP contribution in [0, 0.1) is 13.8 Å². The first-order chi connectivity index (χ1) is 28.1. The Bertz CT molecular complexity index is 3060. The number of aryl methyl sites for hydroxylation is 2. The van der Waals surface area contributed by atoms with Crippen LogP contribution < -0.4 is 9.80 Å². The van der Waals surface area contributed by atoms with E-state index in [1.165, 1.54) is 33.4 Å². The smallest absolute Gasteiger partial charge is 0.138 e. The van der Waals surface area contributed by atoms with Gasteiger partial charge in [0.05, 0.1) is 5.69 Å². The Balaban J connectivity index is 1.17. The summed E-state index contributed by atoms with van der Waals surface area (Å²) in [6, 6.07) is 73.6. The highest BCUT2D eigenvalue weighted by atomic mass is 16.3. The Morgan fingerprint density at radius 3 is 1.42 bits per heavy atom. The van der Waals surface area contributed by atoms with Crippen molar-refractivity contribution < 1.29 is 4.42 Å². The maximum atomic E-state index is 6.98. The summed E-state index contributed by atoms with van der Waals surface area (Å²) in [6.45, 7) is 4.36. The van der Waals surface area contributed by atoms with E-state index in [4.69, 9.17) is 4.42 Å². The largest absolute Gasteiger partial charge is 0.456 e. The number of hydrogen-bond acceptors (Lipinski definition) is 3. The number of fused-ring (bicyclic) bond motifs is 5. The van der Waals surface area contributed by atoms with Gasteiger partial charge in [0.1, 0.15) is 11.2 Å². The second kappa shape index (κ2) is 14.4. The fourth-order valence-corrected chi connectivity index (χ4v) is 8.31. The molecule has 10 aromatic rings. The minimum Gasteiger partial charge on any atom is -0.456 e. The molecule has 0 saturated heterocycles. The van der Waals surface area contributed by atoms with Crippen LogP contribution in [-0.4, -0.2) is 0 Å².